The molecule has 3 N–H and O–H groups in total. The molecule has 0 saturated heterocycles. The number of primary amides is 1. The molecule has 158 valence electrons. The highest BCUT2D eigenvalue weighted by atomic mass is 16.5. The van der Waals surface area contributed by atoms with Gasteiger partial charge in [-0.2, -0.15) is 14.9 Å². The Balaban J connectivity index is 1.76. The van der Waals surface area contributed by atoms with Crippen molar-refractivity contribution in [3.8, 4) is 22.6 Å². The zero-order valence-electron chi connectivity index (χ0n) is 16.8. The Morgan fingerprint density at radius 3 is 2.50 bits per heavy atom. The SMILES string of the molecule is Cn1cc2cc(-n3nc4ccc(=O)[nH]c4c(-c4ccc(OC(N)=O)cc4)c3=O)ccc2n1. The van der Waals surface area contributed by atoms with Gasteiger partial charge in [0.1, 0.15) is 11.3 Å². The number of carbonyl (C=O) groups is 1. The van der Waals surface area contributed by atoms with E-state index in [9.17, 15) is 14.4 Å². The third kappa shape index (κ3) is 3.29. The molecule has 0 spiro atoms. The number of aromatic nitrogens is 5. The van der Waals surface area contributed by atoms with E-state index in [1.165, 1.54) is 22.9 Å². The Hall–Kier alpha value is -4.73. The van der Waals surface area contributed by atoms with Crippen LogP contribution in [0.2, 0.25) is 0 Å². The summed E-state index contributed by atoms with van der Waals surface area (Å²) in [5.41, 5.74) is 7.12. The number of ether oxygens (including phenoxy) is 1. The molecule has 1 amide bonds. The van der Waals surface area contributed by atoms with E-state index >= 15 is 0 Å². The molecule has 5 aromatic rings. The van der Waals surface area contributed by atoms with Crippen molar-refractivity contribution in [1.82, 2.24) is 24.5 Å². The van der Waals surface area contributed by atoms with Gasteiger partial charge in [-0.3, -0.25) is 14.3 Å². The number of fused-ring (bicyclic) bond motifs is 2. The van der Waals surface area contributed by atoms with E-state index in [2.05, 4.69) is 15.2 Å². The predicted molar refractivity (Wildman–Crippen MR) is 118 cm³/mol. The molecule has 5 rings (SSSR count). The Kier molecular flexibility index (Phi) is 4.33. The van der Waals surface area contributed by atoms with E-state index in [-0.39, 0.29) is 16.9 Å². The Morgan fingerprint density at radius 1 is 1.00 bits per heavy atom. The highest BCUT2D eigenvalue weighted by molar-refractivity contribution is 5.90. The summed E-state index contributed by atoms with van der Waals surface area (Å²) >= 11 is 0. The van der Waals surface area contributed by atoms with E-state index in [1.807, 2.05) is 25.4 Å². The van der Waals surface area contributed by atoms with Crippen LogP contribution in [0.4, 0.5) is 4.79 Å². The molecule has 0 radical (unpaired) electrons. The van der Waals surface area contributed by atoms with Crippen LogP contribution in [0.25, 0.3) is 38.8 Å². The van der Waals surface area contributed by atoms with Crippen molar-refractivity contribution in [2.24, 2.45) is 12.8 Å². The summed E-state index contributed by atoms with van der Waals surface area (Å²) in [6.45, 7) is 0. The number of nitrogens with zero attached hydrogens (tertiary/aromatic N) is 4. The molecular weight excluding hydrogens is 412 g/mol. The number of rotatable bonds is 3. The van der Waals surface area contributed by atoms with Crippen molar-refractivity contribution in [3.63, 3.8) is 0 Å². The number of nitrogens with two attached hydrogens (primary N) is 1. The van der Waals surface area contributed by atoms with Crippen LogP contribution in [0, 0.1) is 0 Å². The number of H-pyrrole nitrogens is 1. The fourth-order valence-electron chi connectivity index (χ4n) is 3.62. The number of amides is 1. The van der Waals surface area contributed by atoms with Gasteiger partial charge in [0, 0.05) is 24.7 Å². The Morgan fingerprint density at radius 2 is 1.75 bits per heavy atom. The normalized spacial score (nSPS) is 11.2. The second kappa shape index (κ2) is 7.20. The maximum atomic E-state index is 13.6. The topological polar surface area (TPSA) is 138 Å². The standard InChI is InChI=1S/C22H16N6O4/c1-27-11-13-10-14(4-7-16(13)25-27)28-21(30)19(20-17(26-28)8-9-18(29)24-20)12-2-5-15(6-3-12)32-22(23)31/h2-11H,1H3,(H2,23,31)(H,24,29). The summed E-state index contributed by atoms with van der Waals surface area (Å²) in [5, 5.41) is 9.67. The van der Waals surface area contributed by atoms with Crippen molar-refractivity contribution in [3.05, 3.63) is 81.5 Å². The van der Waals surface area contributed by atoms with Crippen molar-refractivity contribution in [1.29, 1.82) is 0 Å². The number of nitrogens with one attached hydrogen (secondary N) is 1. The van der Waals surface area contributed by atoms with Crippen LogP contribution in [0.5, 0.6) is 5.75 Å². The minimum atomic E-state index is -0.940. The highest BCUT2D eigenvalue weighted by Crippen LogP contribution is 2.25. The average molecular weight is 428 g/mol. The zero-order valence-corrected chi connectivity index (χ0v) is 16.8. The smallest absolute Gasteiger partial charge is 0.409 e. The summed E-state index contributed by atoms with van der Waals surface area (Å²) in [4.78, 5) is 39.2. The first-order valence-corrected chi connectivity index (χ1v) is 9.57. The van der Waals surface area contributed by atoms with Gasteiger partial charge in [-0.1, -0.05) is 12.1 Å². The first kappa shape index (κ1) is 19.2. The van der Waals surface area contributed by atoms with Gasteiger partial charge in [0.15, 0.2) is 0 Å². The quantitative estimate of drug-likeness (QED) is 0.451. The van der Waals surface area contributed by atoms with Gasteiger partial charge in [0.25, 0.3) is 5.56 Å². The predicted octanol–water partition coefficient (Wildman–Crippen LogP) is 2.09. The van der Waals surface area contributed by atoms with E-state index < -0.39 is 11.7 Å². The minimum Gasteiger partial charge on any atom is -0.411 e. The van der Waals surface area contributed by atoms with Gasteiger partial charge in [0.05, 0.1) is 22.3 Å². The van der Waals surface area contributed by atoms with Crippen LogP contribution in [0.1, 0.15) is 0 Å². The fourth-order valence-corrected chi connectivity index (χ4v) is 3.62. The van der Waals surface area contributed by atoms with Crippen LogP contribution in [-0.2, 0) is 7.05 Å². The maximum Gasteiger partial charge on any atom is 0.409 e. The largest absolute Gasteiger partial charge is 0.411 e. The fraction of sp³-hybridized carbons (Fsp3) is 0.0455. The number of pyridine rings is 1. The van der Waals surface area contributed by atoms with Crippen molar-refractivity contribution in [2.75, 3.05) is 0 Å². The lowest BCUT2D eigenvalue weighted by atomic mass is 10.1. The summed E-state index contributed by atoms with van der Waals surface area (Å²) in [6.07, 6.45) is 0.908. The van der Waals surface area contributed by atoms with Gasteiger partial charge in [-0.05, 0) is 42.0 Å². The van der Waals surface area contributed by atoms with Crippen LogP contribution in [0.15, 0.2) is 70.4 Å². The number of hydrogen-bond acceptors (Lipinski definition) is 6. The highest BCUT2D eigenvalue weighted by Gasteiger charge is 2.16. The van der Waals surface area contributed by atoms with Gasteiger partial charge in [-0.15, -0.1) is 0 Å². The molecule has 3 heterocycles. The van der Waals surface area contributed by atoms with E-state index in [1.54, 1.807) is 28.9 Å². The molecular formula is C22H16N6O4. The maximum absolute atomic E-state index is 13.6. The number of aromatic amines is 1. The molecule has 0 bridgehead atoms. The molecule has 2 aromatic carbocycles. The van der Waals surface area contributed by atoms with Crippen LogP contribution in [0.3, 0.4) is 0 Å². The number of aryl methyl sites for hydroxylation is 1. The number of benzene rings is 2. The van der Waals surface area contributed by atoms with E-state index in [0.717, 1.165) is 10.9 Å². The molecule has 3 aromatic heterocycles. The van der Waals surface area contributed by atoms with Crippen molar-refractivity contribution >= 4 is 28.0 Å². The summed E-state index contributed by atoms with van der Waals surface area (Å²) in [7, 11) is 1.82. The molecule has 32 heavy (non-hydrogen) atoms. The third-order valence-electron chi connectivity index (χ3n) is 4.97. The lowest BCUT2D eigenvalue weighted by Gasteiger charge is -2.11. The van der Waals surface area contributed by atoms with Gasteiger partial charge < -0.3 is 15.5 Å². The van der Waals surface area contributed by atoms with Gasteiger partial charge >= 0.3 is 6.09 Å². The van der Waals surface area contributed by atoms with Crippen LogP contribution < -0.4 is 21.6 Å². The second-order valence-electron chi connectivity index (χ2n) is 7.17. The monoisotopic (exact) mass is 428 g/mol. The zero-order chi connectivity index (χ0) is 22.4. The molecule has 0 aliphatic rings. The lowest BCUT2D eigenvalue weighted by Crippen LogP contribution is -2.24. The number of carbonyl (C=O) groups excluding carboxylic acids is 1. The second-order valence-corrected chi connectivity index (χ2v) is 7.17. The summed E-state index contributed by atoms with van der Waals surface area (Å²) in [5.74, 6) is 0.232. The van der Waals surface area contributed by atoms with E-state index in [0.29, 0.717) is 22.3 Å². The van der Waals surface area contributed by atoms with Gasteiger partial charge in [0.2, 0.25) is 5.56 Å². The summed E-state index contributed by atoms with van der Waals surface area (Å²) < 4.78 is 7.83. The molecule has 0 atom stereocenters. The summed E-state index contributed by atoms with van der Waals surface area (Å²) in [6, 6.07) is 14.5. The van der Waals surface area contributed by atoms with Crippen molar-refractivity contribution < 1.29 is 9.53 Å². The van der Waals surface area contributed by atoms with Crippen LogP contribution in [-0.4, -0.2) is 30.6 Å². The Labute approximate surface area is 179 Å². The molecule has 0 unspecified atom stereocenters. The number of hydrogen-bond donors (Lipinski definition) is 2. The van der Waals surface area contributed by atoms with E-state index in [4.69, 9.17) is 10.5 Å². The lowest BCUT2D eigenvalue weighted by molar-refractivity contribution is 0.211. The molecule has 0 aliphatic heterocycles. The first-order chi connectivity index (χ1) is 15.4. The van der Waals surface area contributed by atoms with Crippen molar-refractivity contribution in [2.45, 2.75) is 0 Å². The molecule has 10 nitrogen and oxygen atoms in total. The van der Waals surface area contributed by atoms with Crippen LogP contribution >= 0.6 is 0 Å². The van der Waals surface area contributed by atoms with Gasteiger partial charge in [-0.25, -0.2) is 4.79 Å². The first-order valence-electron chi connectivity index (χ1n) is 9.57. The minimum absolute atomic E-state index is 0.232. The molecule has 0 aliphatic carbocycles. The molecule has 0 saturated carbocycles. The average Bonchev–Trinajstić information content (AvgIpc) is 3.13. The third-order valence-corrected chi connectivity index (χ3v) is 4.97. The molecule has 10 heteroatoms. The Bertz CT molecular complexity index is 1630. The molecule has 0 fully saturated rings.